The molecule has 1 aromatic heterocycles. The smallest absolute Gasteiger partial charge is 0.325 e. The van der Waals surface area contributed by atoms with Crippen molar-refractivity contribution >= 4 is 29.6 Å². The number of primary amides is 1. The molecular formula is C22H29N7O6. The van der Waals surface area contributed by atoms with Gasteiger partial charge in [0, 0.05) is 18.3 Å². The minimum absolute atomic E-state index is 0.0608. The highest BCUT2D eigenvalue weighted by molar-refractivity contribution is 5.96. The Labute approximate surface area is 201 Å². The summed E-state index contributed by atoms with van der Waals surface area (Å²) in [5, 5.41) is 16.2. The second kappa shape index (κ2) is 12.8. The second-order valence-electron chi connectivity index (χ2n) is 7.94. The van der Waals surface area contributed by atoms with E-state index in [1.807, 2.05) is 6.07 Å². The number of aromatic amines is 1. The molecule has 1 heterocycles. The Balaban J connectivity index is 2.13. The van der Waals surface area contributed by atoms with Crippen molar-refractivity contribution in [1.29, 1.82) is 0 Å². The van der Waals surface area contributed by atoms with Gasteiger partial charge >= 0.3 is 5.97 Å². The molecular weight excluding hydrogens is 458 g/mol. The van der Waals surface area contributed by atoms with Crippen LogP contribution >= 0.6 is 0 Å². The zero-order valence-electron chi connectivity index (χ0n) is 19.1. The van der Waals surface area contributed by atoms with Crippen molar-refractivity contribution in [2.45, 2.75) is 50.4 Å². The van der Waals surface area contributed by atoms with E-state index >= 15 is 0 Å². The number of hydrogen-bond donors (Lipinski definition) is 7. The van der Waals surface area contributed by atoms with Crippen LogP contribution in [0.3, 0.4) is 0 Å². The van der Waals surface area contributed by atoms with E-state index in [0.29, 0.717) is 5.69 Å². The highest BCUT2D eigenvalue weighted by atomic mass is 16.4. The third kappa shape index (κ3) is 8.89. The lowest BCUT2D eigenvalue weighted by Crippen LogP contribution is -2.58. The predicted octanol–water partition coefficient (Wildman–Crippen LogP) is -2.04. The van der Waals surface area contributed by atoms with Gasteiger partial charge in [0.25, 0.3) is 0 Å². The molecule has 0 saturated carbocycles. The van der Waals surface area contributed by atoms with Crippen LogP contribution in [0.4, 0.5) is 0 Å². The Morgan fingerprint density at radius 2 is 1.60 bits per heavy atom. The molecule has 1 aromatic carbocycles. The monoisotopic (exact) mass is 487 g/mol. The van der Waals surface area contributed by atoms with Crippen molar-refractivity contribution in [3.8, 4) is 0 Å². The van der Waals surface area contributed by atoms with E-state index in [0.717, 1.165) is 5.56 Å². The Bertz CT molecular complexity index is 1030. The van der Waals surface area contributed by atoms with Gasteiger partial charge in [0.1, 0.15) is 18.1 Å². The van der Waals surface area contributed by atoms with E-state index in [1.54, 1.807) is 24.3 Å². The van der Waals surface area contributed by atoms with Gasteiger partial charge in [-0.1, -0.05) is 30.3 Å². The molecule has 0 spiro atoms. The maximum absolute atomic E-state index is 13.0. The van der Waals surface area contributed by atoms with E-state index in [-0.39, 0.29) is 12.8 Å². The first-order chi connectivity index (χ1) is 16.6. The lowest BCUT2D eigenvalue weighted by molar-refractivity contribution is -0.142. The molecule has 4 unspecified atom stereocenters. The average molecular weight is 488 g/mol. The summed E-state index contributed by atoms with van der Waals surface area (Å²) in [6.07, 6.45) is 2.39. The van der Waals surface area contributed by atoms with Gasteiger partial charge in [-0.3, -0.25) is 24.0 Å². The molecule has 188 valence electrons. The molecule has 0 radical (unpaired) electrons. The Morgan fingerprint density at radius 3 is 2.17 bits per heavy atom. The van der Waals surface area contributed by atoms with Gasteiger partial charge in [-0.2, -0.15) is 0 Å². The van der Waals surface area contributed by atoms with Crippen LogP contribution in [-0.4, -0.2) is 68.8 Å². The molecule has 13 nitrogen and oxygen atoms in total. The number of hydrogen-bond acceptors (Lipinski definition) is 7. The van der Waals surface area contributed by atoms with Crippen LogP contribution in [0.1, 0.15) is 24.6 Å². The number of nitrogens with one attached hydrogen (secondary N) is 4. The number of carbonyl (C=O) groups excluding carboxylic acids is 4. The van der Waals surface area contributed by atoms with Crippen molar-refractivity contribution in [3.63, 3.8) is 0 Å². The second-order valence-corrected chi connectivity index (χ2v) is 7.94. The molecule has 2 aromatic rings. The van der Waals surface area contributed by atoms with Gasteiger partial charge in [-0.15, -0.1) is 0 Å². The zero-order chi connectivity index (χ0) is 26.0. The Kier molecular flexibility index (Phi) is 9.90. The number of nitrogens with two attached hydrogens (primary N) is 2. The summed E-state index contributed by atoms with van der Waals surface area (Å²) in [6.45, 7) is 1.26. The molecule has 0 aliphatic heterocycles. The number of amides is 4. The van der Waals surface area contributed by atoms with Crippen molar-refractivity contribution < 1.29 is 29.1 Å². The van der Waals surface area contributed by atoms with Gasteiger partial charge < -0.3 is 37.5 Å². The van der Waals surface area contributed by atoms with E-state index in [4.69, 9.17) is 16.6 Å². The number of aromatic nitrogens is 2. The number of H-pyrrole nitrogens is 1. The molecule has 0 bridgehead atoms. The predicted molar refractivity (Wildman–Crippen MR) is 123 cm³/mol. The fourth-order valence-electron chi connectivity index (χ4n) is 3.12. The number of carboxylic acid groups (broad SMARTS) is 1. The van der Waals surface area contributed by atoms with Gasteiger partial charge in [0.05, 0.1) is 18.8 Å². The SMILES string of the molecule is CC(NC(=O)C(Cc1cnc[nH]1)NC(=O)C(CC(N)=O)NC(=O)C(N)Cc1ccccc1)C(=O)O. The third-order valence-electron chi connectivity index (χ3n) is 5.01. The summed E-state index contributed by atoms with van der Waals surface area (Å²) < 4.78 is 0. The molecule has 0 aliphatic rings. The maximum atomic E-state index is 13.0. The van der Waals surface area contributed by atoms with Gasteiger partial charge in [-0.05, 0) is 18.9 Å². The minimum Gasteiger partial charge on any atom is -0.480 e. The first-order valence-electron chi connectivity index (χ1n) is 10.8. The fraction of sp³-hybridized carbons (Fsp3) is 0.364. The van der Waals surface area contributed by atoms with Crippen LogP contribution in [-0.2, 0) is 36.8 Å². The standard InChI is InChI=1S/C22H29N7O6/c1-12(22(34)35)27-20(32)16(8-14-10-25-11-26-14)29-21(33)17(9-18(24)30)28-19(31)15(23)7-13-5-3-2-4-6-13/h2-6,10-12,15-17H,7-9,23H2,1H3,(H2,24,30)(H,25,26)(H,27,32)(H,28,31)(H,29,33)(H,34,35). The van der Waals surface area contributed by atoms with E-state index < -0.39 is 60.2 Å². The summed E-state index contributed by atoms with van der Waals surface area (Å²) in [6, 6.07) is 4.09. The summed E-state index contributed by atoms with van der Waals surface area (Å²) in [5.74, 6) is -4.48. The largest absolute Gasteiger partial charge is 0.480 e. The summed E-state index contributed by atoms with van der Waals surface area (Å²) >= 11 is 0. The van der Waals surface area contributed by atoms with Crippen LogP contribution in [0.2, 0.25) is 0 Å². The van der Waals surface area contributed by atoms with Crippen LogP contribution in [0.25, 0.3) is 0 Å². The van der Waals surface area contributed by atoms with Crippen molar-refractivity contribution in [2.24, 2.45) is 11.5 Å². The van der Waals surface area contributed by atoms with E-state index in [2.05, 4.69) is 25.9 Å². The first kappa shape index (κ1) is 27.0. The molecule has 35 heavy (non-hydrogen) atoms. The first-order valence-corrected chi connectivity index (χ1v) is 10.8. The van der Waals surface area contributed by atoms with E-state index in [9.17, 15) is 24.0 Å². The average Bonchev–Trinajstić information content (AvgIpc) is 3.31. The van der Waals surface area contributed by atoms with Gasteiger partial charge in [0.15, 0.2) is 0 Å². The van der Waals surface area contributed by atoms with Crippen molar-refractivity contribution in [3.05, 3.63) is 54.1 Å². The lowest BCUT2D eigenvalue weighted by atomic mass is 10.0. The highest BCUT2D eigenvalue weighted by Crippen LogP contribution is 2.05. The number of carbonyl (C=O) groups is 5. The number of aliphatic carboxylic acids is 1. The van der Waals surface area contributed by atoms with E-state index in [1.165, 1.54) is 19.4 Å². The zero-order valence-corrected chi connectivity index (χ0v) is 19.1. The third-order valence-corrected chi connectivity index (χ3v) is 5.01. The molecule has 2 rings (SSSR count). The molecule has 4 atom stereocenters. The summed E-state index contributed by atoms with van der Waals surface area (Å²) in [5.41, 5.74) is 12.5. The Hall–Kier alpha value is -4.26. The summed E-state index contributed by atoms with van der Waals surface area (Å²) in [7, 11) is 0. The van der Waals surface area contributed by atoms with Crippen molar-refractivity contribution in [1.82, 2.24) is 25.9 Å². The maximum Gasteiger partial charge on any atom is 0.325 e. The number of rotatable bonds is 13. The number of carboxylic acids is 1. The fourth-order valence-corrected chi connectivity index (χ4v) is 3.12. The number of imidazole rings is 1. The van der Waals surface area contributed by atoms with Gasteiger partial charge in [-0.25, -0.2) is 4.98 Å². The number of nitrogens with zero attached hydrogens (tertiary/aromatic N) is 1. The molecule has 0 saturated heterocycles. The lowest BCUT2D eigenvalue weighted by Gasteiger charge is -2.24. The van der Waals surface area contributed by atoms with Crippen molar-refractivity contribution in [2.75, 3.05) is 0 Å². The normalized spacial score (nSPS) is 14.1. The van der Waals surface area contributed by atoms with Crippen LogP contribution in [0, 0.1) is 0 Å². The topological polar surface area (TPSA) is 222 Å². The van der Waals surface area contributed by atoms with Gasteiger partial charge in [0.2, 0.25) is 23.6 Å². The van der Waals surface area contributed by atoms with Crippen LogP contribution in [0.5, 0.6) is 0 Å². The van der Waals surface area contributed by atoms with Crippen LogP contribution < -0.4 is 27.4 Å². The molecule has 0 aliphatic carbocycles. The minimum atomic E-state index is -1.41. The molecule has 4 amide bonds. The summed E-state index contributed by atoms with van der Waals surface area (Å²) in [4.78, 5) is 67.5. The van der Waals surface area contributed by atoms with Crippen LogP contribution in [0.15, 0.2) is 42.9 Å². The number of benzene rings is 1. The quantitative estimate of drug-likeness (QED) is 0.166. The highest BCUT2D eigenvalue weighted by Gasteiger charge is 2.30. The molecule has 9 N–H and O–H groups in total. The molecule has 0 fully saturated rings. The Morgan fingerprint density at radius 1 is 0.971 bits per heavy atom. The molecule has 13 heteroatoms.